The zero-order valence-electron chi connectivity index (χ0n) is 14.7. The number of hydrogen-bond donors (Lipinski definition) is 0. The van der Waals surface area contributed by atoms with Gasteiger partial charge in [-0.3, -0.25) is 4.31 Å². The Morgan fingerprint density at radius 3 is 2.23 bits per heavy atom. The molecule has 0 aliphatic heterocycles. The van der Waals surface area contributed by atoms with Crippen molar-refractivity contribution in [2.24, 2.45) is 0 Å². The maximum Gasteiger partial charge on any atom is 0.264 e. The van der Waals surface area contributed by atoms with Crippen LogP contribution in [0.25, 0.3) is 0 Å². The topological polar surface area (TPSA) is 37.4 Å². The third kappa shape index (κ3) is 3.92. The SMILES string of the molecule is Cc1ccc(S(=O)(=O)N(Cc2cccc(Cl)c2)c2ccccc2C)cc1. The van der Waals surface area contributed by atoms with Crippen LogP contribution in [0.4, 0.5) is 5.69 Å². The molecule has 3 aromatic carbocycles. The molecule has 0 amide bonds. The minimum absolute atomic E-state index is 0.210. The van der Waals surface area contributed by atoms with Crippen molar-refractivity contribution in [1.82, 2.24) is 0 Å². The van der Waals surface area contributed by atoms with Gasteiger partial charge in [0.25, 0.3) is 10.0 Å². The Kier molecular flexibility index (Phi) is 5.35. The second-order valence-corrected chi connectivity index (χ2v) is 8.54. The molecule has 134 valence electrons. The van der Waals surface area contributed by atoms with Crippen molar-refractivity contribution < 1.29 is 8.42 Å². The molecular weight excluding hydrogens is 366 g/mol. The van der Waals surface area contributed by atoms with Gasteiger partial charge >= 0.3 is 0 Å². The highest BCUT2D eigenvalue weighted by molar-refractivity contribution is 7.92. The van der Waals surface area contributed by atoms with E-state index in [1.807, 2.05) is 62.4 Å². The Morgan fingerprint density at radius 1 is 0.885 bits per heavy atom. The molecule has 0 aliphatic rings. The van der Waals surface area contributed by atoms with E-state index in [2.05, 4.69) is 0 Å². The average Bonchev–Trinajstić information content (AvgIpc) is 2.61. The molecule has 0 bridgehead atoms. The van der Waals surface area contributed by atoms with Gasteiger partial charge < -0.3 is 0 Å². The van der Waals surface area contributed by atoms with Gasteiger partial charge in [-0.25, -0.2) is 8.42 Å². The van der Waals surface area contributed by atoms with Crippen LogP contribution in [0.3, 0.4) is 0 Å². The molecule has 0 heterocycles. The number of sulfonamides is 1. The zero-order valence-corrected chi connectivity index (χ0v) is 16.3. The monoisotopic (exact) mass is 385 g/mol. The fraction of sp³-hybridized carbons (Fsp3) is 0.143. The van der Waals surface area contributed by atoms with Crippen LogP contribution in [0.5, 0.6) is 0 Å². The molecule has 3 nitrogen and oxygen atoms in total. The number of para-hydroxylation sites is 1. The summed E-state index contributed by atoms with van der Waals surface area (Å²) < 4.78 is 28.2. The molecule has 0 aliphatic carbocycles. The van der Waals surface area contributed by atoms with Crippen LogP contribution in [0, 0.1) is 13.8 Å². The summed E-state index contributed by atoms with van der Waals surface area (Å²) in [4.78, 5) is 0.272. The van der Waals surface area contributed by atoms with Crippen LogP contribution in [0.2, 0.25) is 5.02 Å². The number of rotatable bonds is 5. The lowest BCUT2D eigenvalue weighted by Crippen LogP contribution is -2.31. The highest BCUT2D eigenvalue weighted by atomic mass is 35.5. The molecule has 0 radical (unpaired) electrons. The maximum absolute atomic E-state index is 13.4. The lowest BCUT2D eigenvalue weighted by atomic mass is 10.2. The molecule has 0 saturated carbocycles. The second kappa shape index (κ2) is 7.52. The number of anilines is 1. The molecule has 0 atom stereocenters. The fourth-order valence-electron chi connectivity index (χ4n) is 2.78. The Balaban J connectivity index is 2.11. The maximum atomic E-state index is 13.4. The second-order valence-electron chi connectivity index (χ2n) is 6.24. The van der Waals surface area contributed by atoms with E-state index in [0.717, 1.165) is 16.7 Å². The van der Waals surface area contributed by atoms with Crippen LogP contribution in [0.15, 0.2) is 77.7 Å². The van der Waals surface area contributed by atoms with E-state index in [0.29, 0.717) is 10.7 Å². The molecule has 0 saturated heterocycles. The van der Waals surface area contributed by atoms with Gasteiger partial charge in [-0.05, 0) is 55.3 Å². The third-order valence-electron chi connectivity index (χ3n) is 4.21. The lowest BCUT2D eigenvalue weighted by molar-refractivity contribution is 0.590. The van der Waals surface area contributed by atoms with E-state index >= 15 is 0 Å². The van der Waals surface area contributed by atoms with E-state index in [9.17, 15) is 8.42 Å². The Morgan fingerprint density at radius 2 is 1.58 bits per heavy atom. The van der Waals surface area contributed by atoms with Gasteiger partial charge in [0.05, 0.1) is 17.1 Å². The number of nitrogens with zero attached hydrogens (tertiary/aromatic N) is 1. The normalized spacial score (nSPS) is 11.3. The Labute approximate surface area is 159 Å². The lowest BCUT2D eigenvalue weighted by Gasteiger charge is -2.26. The summed E-state index contributed by atoms with van der Waals surface area (Å²) in [6.07, 6.45) is 0. The number of aryl methyl sites for hydroxylation is 2. The van der Waals surface area contributed by atoms with Crippen molar-refractivity contribution in [3.63, 3.8) is 0 Å². The van der Waals surface area contributed by atoms with E-state index < -0.39 is 10.0 Å². The smallest absolute Gasteiger partial charge is 0.262 e. The van der Waals surface area contributed by atoms with E-state index in [1.165, 1.54) is 4.31 Å². The Bertz CT molecular complexity index is 1010. The molecule has 26 heavy (non-hydrogen) atoms. The van der Waals surface area contributed by atoms with Crippen LogP contribution in [-0.4, -0.2) is 8.42 Å². The third-order valence-corrected chi connectivity index (χ3v) is 6.22. The first-order valence-electron chi connectivity index (χ1n) is 8.27. The van der Waals surface area contributed by atoms with Gasteiger partial charge in [0.1, 0.15) is 0 Å². The van der Waals surface area contributed by atoms with Crippen molar-refractivity contribution >= 4 is 27.3 Å². The summed E-state index contributed by atoms with van der Waals surface area (Å²) in [6.45, 7) is 4.05. The van der Waals surface area contributed by atoms with Crippen molar-refractivity contribution in [3.05, 3.63) is 94.5 Å². The van der Waals surface area contributed by atoms with E-state index in [1.54, 1.807) is 24.3 Å². The van der Waals surface area contributed by atoms with E-state index in [-0.39, 0.29) is 11.4 Å². The van der Waals surface area contributed by atoms with Crippen LogP contribution in [-0.2, 0) is 16.6 Å². The molecule has 0 N–H and O–H groups in total. The quantitative estimate of drug-likeness (QED) is 0.593. The highest BCUT2D eigenvalue weighted by Crippen LogP contribution is 2.29. The van der Waals surface area contributed by atoms with Gasteiger partial charge in [0, 0.05) is 5.02 Å². The fourth-order valence-corrected chi connectivity index (χ4v) is 4.51. The summed E-state index contributed by atoms with van der Waals surface area (Å²) in [5.41, 5.74) is 3.40. The predicted octanol–water partition coefficient (Wildman–Crippen LogP) is 5.35. The molecule has 0 fully saturated rings. The Hall–Kier alpha value is -2.30. The highest BCUT2D eigenvalue weighted by Gasteiger charge is 2.26. The number of halogens is 1. The summed E-state index contributed by atoms with van der Waals surface area (Å²) in [6, 6.07) is 21.7. The van der Waals surface area contributed by atoms with Crippen LogP contribution in [0.1, 0.15) is 16.7 Å². The molecule has 3 aromatic rings. The minimum atomic E-state index is -3.71. The molecule has 0 spiro atoms. The van der Waals surface area contributed by atoms with Gasteiger partial charge in [0.15, 0.2) is 0 Å². The molecule has 0 aromatic heterocycles. The van der Waals surface area contributed by atoms with Gasteiger partial charge in [-0.2, -0.15) is 0 Å². The standard InChI is InChI=1S/C21H20ClNO2S/c1-16-10-12-20(13-11-16)26(24,25)23(21-9-4-3-6-17(21)2)15-18-7-5-8-19(22)14-18/h3-14H,15H2,1-2H3. The van der Waals surface area contributed by atoms with Crippen LogP contribution >= 0.6 is 11.6 Å². The summed E-state index contributed by atoms with van der Waals surface area (Å²) in [7, 11) is -3.71. The summed E-state index contributed by atoms with van der Waals surface area (Å²) in [5, 5.41) is 0.583. The summed E-state index contributed by atoms with van der Waals surface area (Å²) >= 11 is 6.09. The van der Waals surface area contributed by atoms with Crippen molar-refractivity contribution in [2.45, 2.75) is 25.3 Å². The molecular formula is C21H20ClNO2S. The molecule has 3 rings (SSSR count). The number of hydrogen-bond acceptors (Lipinski definition) is 2. The van der Waals surface area contributed by atoms with Gasteiger partial charge in [0.2, 0.25) is 0 Å². The first-order valence-corrected chi connectivity index (χ1v) is 10.1. The molecule has 5 heteroatoms. The van der Waals surface area contributed by atoms with Crippen molar-refractivity contribution in [3.8, 4) is 0 Å². The first kappa shape index (κ1) is 18.5. The number of benzene rings is 3. The van der Waals surface area contributed by atoms with Crippen molar-refractivity contribution in [1.29, 1.82) is 0 Å². The molecule has 0 unspecified atom stereocenters. The first-order chi connectivity index (χ1) is 12.4. The van der Waals surface area contributed by atoms with Gasteiger partial charge in [-0.1, -0.05) is 59.6 Å². The van der Waals surface area contributed by atoms with Crippen LogP contribution < -0.4 is 4.31 Å². The zero-order chi connectivity index (χ0) is 18.7. The summed E-state index contributed by atoms with van der Waals surface area (Å²) in [5.74, 6) is 0. The average molecular weight is 386 g/mol. The van der Waals surface area contributed by atoms with E-state index in [4.69, 9.17) is 11.6 Å². The predicted molar refractivity (Wildman–Crippen MR) is 107 cm³/mol. The minimum Gasteiger partial charge on any atom is -0.262 e. The largest absolute Gasteiger partial charge is 0.264 e. The van der Waals surface area contributed by atoms with Crippen molar-refractivity contribution in [2.75, 3.05) is 4.31 Å². The van der Waals surface area contributed by atoms with Gasteiger partial charge in [-0.15, -0.1) is 0 Å².